The van der Waals surface area contributed by atoms with Crippen LogP contribution in [0.15, 0.2) is 255 Å². The number of nitrogens with zero attached hydrogens (tertiary/aromatic N) is 3. The lowest BCUT2D eigenvalue weighted by Gasteiger charge is -2.27. The van der Waals surface area contributed by atoms with Crippen molar-refractivity contribution in [2.24, 2.45) is 0 Å². The Bertz CT molecular complexity index is 5400. The first kappa shape index (κ1) is 48.1. The highest BCUT2D eigenvalue weighted by atomic mass is 16.3. The SMILES string of the molecule is C1=Cc2oc3ccc(N(c4ccc(-c5cc6ccccc6c6ccccc56)cc4)c4cccc5oc6c(c45)CNC=C6c4cccc(-c5cccc(N(c6ccc7oc8c(c7c6)CNC=C8)c6cccc7oc8ccncc8c67)c5)c4)cc3c2CN1. The molecule has 18 rings (SSSR count). The Hall–Kier alpha value is -11.5. The molecule has 10 heteroatoms. The molecular weight excluding hydrogens is 1060 g/mol. The van der Waals surface area contributed by atoms with E-state index in [-0.39, 0.29) is 0 Å². The molecule has 0 saturated heterocycles. The number of pyridine rings is 1. The van der Waals surface area contributed by atoms with Gasteiger partial charge in [0.15, 0.2) is 0 Å². The predicted molar refractivity (Wildman–Crippen MR) is 348 cm³/mol. The van der Waals surface area contributed by atoms with Gasteiger partial charge in [0.05, 0.1) is 16.8 Å². The zero-order valence-electron chi connectivity index (χ0n) is 46.3. The lowest BCUT2D eigenvalue weighted by atomic mass is 9.93. The second-order valence-electron chi connectivity index (χ2n) is 22.3. The Morgan fingerprint density at radius 2 is 0.965 bits per heavy atom. The number of rotatable bonds is 9. The minimum absolute atomic E-state index is 0.587. The highest BCUT2D eigenvalue weighted by molar-refractivity contribution is 6.15. The normalized spacial score (nSPS) is 13.5. The van der Waals surface area contributed by atoms with Crippen LogP contribution in [0, 0.1) is 0 Å². The summed E-state index contributed by atoms with van der Waals surface area (Å²) in [5.41, 5.74) is 20.0. The second-order valence-corrected chi connectivity index (χ2v) is 22.3. The number of hydrogen-bond donors (Lipinski definition) is 3. The minimum Gasteiger partial charge on any atom is -0.456 e. The molecule has 0 atom stereocenters. The number of fused-ring (bicyclic) bond motifs is 15. The smallest absolute Gasteiger partial charge is 0.142 e. The molecule has 408 valence electrons. The summed E-state index contributed by atoms with van der Waals surface area (Å²) in [6.45, 7) is 1.96. The maximum Gasteiger partial charge on any atom is 0.142 e. The fourth-order valence-corrected chi connectivity index (χ4v) is 13.6. The quantitative estimate of drug-likeness (QED) is 0.121. The Morgan fingerprint density at radius 3 is 1.72 bits per heavy atom. The summed E-state index contributed by atoms with van der Waals surface area (Å²) in [7, 11) is 0. The number of nitrogens with one attached hydrogen (secondary N) is 3. The number of hydrogen-bond acceptors (Lipinski definition) is 10. The molecule has 10 aromatic carbocycles. The van der Waals surface area contributed by atoms with E-state index in [2.05, 4.69) is 231 Å². The Morgan fingerprint density at radius 1 is 0.372 bits per heavy atom. The van der Waals surface area contributed by atoms with Crippen LogP contribution in [0.3, 0.4) is 0 Å². The van der Waals surface area contributed by atoms with Gasteiger partial charge in [0.2, 0.25) is 0 Å². The predicted octanol–water partition coefficient (Wildman–Crippen LogP) is 19.4. The topological polar surface area (TPSA) is 108 Å². The van der Waals surface area contributed by atoms with Crippen LogP contribution in [0.2, 0.25) is 0 Å². The van der Waals surface area contributed by atoms with E-state index >= 15 is 0 Å². The van der Waals surface area contributed by atoms with Crippen LogP contribution in [-0.2, 0) is 19.6 Å². The molecule has 8 heterocycles. The molecule has 15 aromatic rings. The summed E-state index contributed by atoms with van der Waals surface area (Å²) in [6.07, 6.45) is 13.7. The third-order valence-electron chi connectivity index (χ3n) is 17.5. The first-order valence-corrected chi connectivity index (χ1v) is 29.1. The molecule has 86 heavy (non-hydrogen) atoms. The standard InChI is InChI=1S/C76H50N6O4/c1-2-14-54-49(9-1)37-57(56-16-4-3-15-55(54)56)45-21-23-50(24-22-45)81(52-25-27-67-58(38-52)61-41-77-32-29-69(61)83-67)66-18-8-20-73-75(66)64-44-80-40-60(76(64)86-73)48-12-5-10-46(35-48)47-11-6-13-51(36-47)82(53-26-28-68-59(39-53)62-42-78-33-30-70(62)84-68)65-17-7-19-72-74(65)63-43-79-34-31-71(63)85-72/h1-40,43,77-78,80H,41-42,44H2. The molecule has 0 radical (unpaired) electrons. The van der Waals surface area contributed by atoms with Crippen LogP contribution in [0.1, 0.15) is 39.5 Å². The summed E-state index contributed by atoms with van der Waals surface area (Å²) >= 11 is 0. The van der Waals surface area contributed by atoms with E-state index in [1.807, 2.05) is 42.9 Å². The number of aromatic nitrogens is 1. The largest absolute Gasteiger partial charge is 0.456 e. The van der Waals surface area contributed by atoms with Crippen LogP contribution in [0.25, 0.3) is 116 Å². The van der Waals surface area contributed by atoms with Gasteiger partial charge in [-0.1, -0.05) is 103 Å². The van der Waals surface area contributed by atoms with Crippen molar-refractivity contribution in [3.63, 3.8) is 0 Å². The van der Waals surface area contributed by atoms with Crippen molar-refractivity contribution >= 4 is 128 Å². The van der Waals surface area contributed by atoms with E-state index in [1.54, 1.807) is 6.20 Å². The summed E-state index contributed by atoms with van der Waals surface area (Å²) in [5.74, 6) is 2.61. The zero-order chi connectivity index (χ0) is 56.4. The molecule has 0 aliphatic carbocycles. The van der Waals surface area contributed by atoms with Crippen LogP contribution >= 0.6 is 0 Å². The van der Waals surface area contributed by atoms with Crippen LogP contribution in [0.5, 0.6) is 0 Å². The first-order valence-electron chi connectivity index (χ1n) is 29.1. The van der Waals surface area contributed by atoms with Crippen LogP contribution < -0.4 is 25.8 Å². The average Bonchev–Trinajstić information content (AvgIpc) is 2.01. The lowest BCUT2D eigenvalue weighted by Crippen LogP contribution is -2.15. The third kappa shape index (κ3) is 7.56. The van der Waals surface area contributed by atoms with E-state index < -0.39 is 0 Å². The molecule has 0 amide bonds. The summed E-state index contributed by atoms with van der Waals surface area (Å²) in [5, 5.41) is 20.6. The molecule has 3 aliphatic heterocycles. The fraction of sp³-hybridized carbons (Fsp3) is 0.0395. The van der Waals surface area contributed by atoms with Crippen molar-refractivity contribution in [3.8, 4) is 22.3 Å². The van der Waals surface area contributed by atoms with Crippen LogP contribution in [0.4, 0.5) is 34.1 Å². The molecule has 5 aromatic heterocycles. The molecule has 0 spiro atoms. The third-order valence-corrected chi connectivity index (χ3v) is 17.5. The number of benzene rings is 10. The molecule has 3 N–H and O–H groups in total. The van der Waals surface area contributed by atoms with Gasteiger partial charge in [0, 0.05) is 117 Å². The molecule has 0 unspecified atom stereocenters. The Labute approximate surface area is 492 Å². The maximum atomic E-state index is 7.12. The highest BCUT2D eigenvalue weighted by Gasteiger charge is 2.29. The van der Waals surface area contributed by atoms with Gasteiger partial charge in [-0.2, -0.15) is 0 Å². The maximum absolute atomic E-state index is 7.12. The molecule has 3 aliphatic rings. The fourth-order valence-electron chi connectivity index (χ4n) is 13.6. The van der Waals surface area contributed by atoms with Gasteiger partial charge in [0.25, 0.3) is 0 Å². The van der Waals surface area contributed by atoms with Crippen molar-refractivity contribution in [2.45, 2.75) is 19.6 Å². The van der Waals surface area contributed by atoms with Gasteiger partial charge >= 0.3 is 0 Å². The average molecular weight is 1110 g/mol. The van der Waals surface area contributed by atoms with Gasteiger partial charge < -0.3 is 43.4 Å². The monoisotopic (exact) mass is 1110 g/mol. The zero-order valence-corrected chi connectivity index (χ0v) is 46.3. The van der Waals surface area contributed by atoms with Crippen molar-refractivity contribution < 1.29 is 17.7 Å². The van der Waals surface area contributed by atoms with E-state index in [9.17, 15) is 0 Å². The molecule has 0 bridgehead atoms. The van der Waals surface area contributed by atoms with Gasteiger partial charge in [-0.3, -0.25) is 4.98 Å². The van der Waals surface area contributed by atoms with Crippen molar-refractivity contribution in [2.75, 3.05) is 9.80 Å². The van der Waals surface area contributed by atoms with Gasteiger partial charge in [-0.05, 0) is 165 Å². The molecular formula is C76H50N6O4. The Balaban J connectivity index is 0.747. The molecule has 10 nitrogen and oxygen atoms in total. The van der Waals surface area contributed by atoms with Crippen molar-refractivity contribution in [3.05, 3.63) is 277 Å². The van der Waals surface area contributed by atoms with E-state index in [0.29, 0.717) is 19.6 Å². The second kappa shape index (κ2) is 19.0. The first-order chi connectivity index (χ1) is 42.6. The van der Waals surface area contributed by atoms with E-state index in [1.165, 1.54) is 27.1 Å². The molecule has 0 saturated carbocycles. The lowest BCUT2D eigenvalue weighted by molar-refractivity contribution is 0.587. The summed E-state index contributed by atoms with van der Waals surface area (Å²) in [6, 6.07) is 74.0. The van der Waals surface area contributed by atoms with E-state index in [0.717, 1.165) is 151 Å². The van der Waals surface area contributed by atoms with Gasteiger partial charge in [0.1, 0.15) is 45.2 Å². The Kier molecular flexibility index (Phi) is 10.6. The van der Waals surface area contributed by atoms with Crippen molar-refractivity contribution in [1.29, 1.82) is 0 Å². The number of anilines is 6. The minimum atomic E-state index is 0.587. The van der Waals surface area contributed by atoms with Crippen molar-refractivity contribution in [1.82, 2.24) is 20.9 Å². The van der Waals surface area contributed by atoms with Crippen LogP contribution in [-0.4, -0.2) is 4.98 Å². The summed E-state index contributed by atoms with van der Waals surface area (Å²) < 4.78 is 26.3. The molecule has 0 fully saturated rings. The summed E-state index contributed by atoms with van der Waals surface area (Å²) in [4.78, 5) is 9.25. The highest BCUT2D eigenvalue weighted by Crippen LogP contribution is 2.49. The van der Waals surface area contributed by atoms with E-state index in [4.69, 9.17) is 17.7 Å². The number of furan rings is 4. The van der Waals surface area contributed by atoms with Gasteiger partial charge in [-0.25, -0.2) is 0 Å². The van der Waals surface area contributed by atoms with Gasteiger partial charge in [-0.15, -0.1) is 0 Å².